The average molecular weight is 590 g/mol. The number of likely N-dealkylation sites (tertiary alicyclic amines) is 1. The minimum absolute atomic E-state index is 0.0425. The Kier molecular flexibility index (Phi) is 10.2. The SMILES string of the molecule is Cc1ccc(S(=O)(=O)NCCC=C2CCC(OCC3N(C(=O)OC(C)(C)C)CCCC34CCCC(=O)N4)CC2)cc1. The van der Waals surface area contributed by atoms with Crippen molar-refractivity contribution in [3.63, 3.8) is 0 Å². The molecule has 2 saturated heterocycles. The van der Waals surface area contributed by atoms with Gasteiger partial charge < -0.3 is 19.7 Å². The van der Waals surface area contributed by atoms with E-state index in [0.29, 0.717) is 32.5 Å². The lowest BCUT2D eigenvalue weighted by Gasteiger charge is -2.52. The fourth-order valence-electron chi connectivity index (χ4n) is 6.21. The molecule has 1 spiro atoms. The van der Waals surface area contributed by atoms with Gasteiger partial charge in [-0.2, -0.15) is 0 Å². The third-order valence-electron chi connectivity index (χ3n) is 8.34. The summed E-state index contributed by atoms with van der Waals surface area (Å²) in [6, 6.07) is 6.58. The molecule has 2 N–H and O–H groups in total. The average Bonchev–Trinajstić information content (AvgIpc) is 2.90. The van der Waals surface area contributed by atoms with Crippen molar-refractivity contribution in [3.8, 4) is 0 Å². The molecule has 4 rings (SSSR count). The predicted molar refractivity (Wildman–Crippen MR) is 158 cm³/mol. The summed E-state index contributed by atoms with van der Waals surface area (Å²) >= 11 is 0. The molecule has 228 valence electrons. The van der Waals surface area contributed by atoms with Crippen molar-refractivity contribution in [2.75, 3.05) is 19.7 Å². The van der Waals surface area contributed by atoms with Gasteiger partial charge in [0.15, 0.2) is 0 Å². The number of amides is 2. The summed E-state index contributed by atoms with van der Waals surface area (Å²) in [6.07, 6.45) is 9.86. The van der Waals surface area contributed by atoms with Gasteiger partial charge in [-0.05, 0) is 97.6 Å². The summed E-state index contributed by atoms with van der Waals surface area (Å²) in [6.45, 7) is 8.84. The lowest BCUT2D eigenvalue weighted by molar-refractivity contribution is -0.130. The fourth-order valence-corrected chi connectivity index (χ4v) is 7.26. The van der Waals surface area contributed by atoms with Gasteiger partial charge in [0.05, 0.1) is 29.2 Å². The van der Waals surface area contributed by atoms with Gasteiger partial charge in [-0.15, -0.1) is 0 Å². The molecular formula is C31H47N3O6S. The number of sulfonamides is 1. The molecule has 41 heavy (non-hydrogen) atoms. The van der Waals surface area contributed by atoms with E-state index < -0.39 is 21.2 Å². The summed E-state index contributed by atoms with van der Waals surface area (Å²) < 4.78 is 39.9. The molecule has 0 aromatic heterocycles. The minimum Gasteiger partial charge on any atom is -0.444 e. The molecule has 2 amide bonds. The number of nitrogens with zero attached hydrogens (tertiary/aromatic N) is 1. The van der Waals surface area contributed by atoms with Crippen LogP contribution >= 0.6 is 0 Å². The van der Waals surface area contributed by atoms with Crippen LogP contribution < -0.4 is 10.0 Å². The van der Waals surface area contributed by atoms with E-state index in [1.165, 1.54) is 5.57 Å². The molecule has 1 aliphatic carbocycles. The molecule has 2 aliphatic heterocycles. The maximum Gasteiger partial charge on any atom is 0.410 e. The number of rotatable bonds is 8. The zero-order chi connectivity index (χ0) is 29.7. The van der Waals surface area contributed by atoms with Crippen LogP contribution in [0.15, 0.2) is 40.8 Å². The maximum atomic E-state index is 13.2. The second kappa shape index (κ2) is 13.3. The highest BCUT2D eigenvalue weighted by atomic mass is 32.2. The van der Waals surface area contributed by atoms with E-state index in [1.807, 2.05) is 27.7 Å². The Morgan fingerprint density at radius 1 is 1.12 bits per heavy atom. The van der Waals surface area contributed by atoms with E-state index in [1.54, 1.807) is 29.2 Å². The maximum absolute atomic E-state index is 13.2. The highest BCUT2D eigenvalue weighted by Crippen LogP contribution is 2.37. The molecule has 2 unspecified atom stereocenters. The number of hydrogen-bond acceptors (Lipinski definition) is 6. The predicted octanol–water partition coefficient (Wildman–Crippen LogP) is 4.99. The van der Waals surface area contributed by atoms with Crippen LogP contribution in [0.5, 0.6) is 0 Å². The standard InChI is InChI=1S/C31H47N3O6S/c1-23-10-16-26(17-11-23)41(37,38)32-20-6-8-24-12-14-25(15-13-24)39-22-27-31(18-5-9-28(35)33-31)19-7-21-34(27)29(36)40-30(2,3)4/h8,10-11,16-17,25,27,32H,5-7,9,12-15,18-22H2,1-4H3,(H,33,35). The molecule has 2 heterocycles. The van der Waals surface area contributed by atoms with Crippen LogP contribution in [0.4, 0.5) is 4.79 Å². The lowest BCUT2D eigenvalue weighted by atomic mass is 9.75. The van der Waals surface area contributed by atoms with Crippen LogP contribution in [-0.4, -0.2) is 68.3 Å². The van der Waals surface area contributed by atoms with Crippen LogP contribution in [0.3, 0.4) is 0 Å². The molecule has 3 fully saturated rings. The zero-order valence-corrected chi connectivity index (χ0v) is 25.9. The van der Waals surface area contributed by atoms with Crippen LogP contribution in [0.1, 0.15) is 90.5 Å². The van der Waals surface area contributed by atoms with Crippen LogP contribution in [0.2, 0.25) is 0 Å². The fraction of sp³-hybridized carbons (Fsp3) is 0.677. The summed E-state index contributed by atoms with van der Waals surface area (Å²) in [4.78, 5) is 27.7. The van der Waals surface area contributed by atoms with Gasteiger partial charge in [0.25, 0.3) is 0 Å². The van der Waals surface area contributed by atoms with Crippen molar-refractivity contribution < 1.29 is 27.5 Å². The molecule has 10 heteroatoms. The smallest absolute Gasteiger partial charge is 0.410 e. The number of piperidine rings is 2. The van der Waals surface area contributed by atoms with Crippen molar-refractivity contribution in [2.24, 2.45) is 0 Å². The summed E-state index contributed by atoms with van der Waals surface area (Å²) in [7, 11) is -3.51. The highest BCUT2D eigenvalue weighted by molar-refractivity contribution is 7.89. The molecule has 0 bridgehead atoms. The van der Waals surface area contributed by atoms with E-state index in [9.17, 15) is 18.0 Å². The van der Waals surface area contributed by atoms with E-state index >= 15 is 0 Å². The first-order valence-electron chi connectivity index (χ1n) is 15.0. The van der Waals surface area contributed by atoms with Gasteiger partial charge in [0.2, 0.25) is 15.9 Å². The van der Waals surface area contributed by atoms with Gasteiger partial charge in [-0.1, -0.05) is 29.3 Å². The molecule has 1 aromatic rings. The minimum atomic E-state index is -3.51. The van der Waals surface area contributed by atoms with Crippen molar-refractivity contribution in [1.82, 2.24) is 14.9 Å². The number of benzene rings is 1. The second-order valence-electron chi connectivity index (χ2n) is 12.7. The molecule has 3 aliphatic rings. The van der Waals surface area contributed by atoms with E-state index in [2.05, 4.69) is 16.1 Å². The Bertz CT molecular complexity index is 1190. The number of nitrogens with one attached hydrogen (secondary N) is 2. The van der Waals surface area contributed by atoms with Crippen LogP contribution in [0, 0.1) is 6.92 Å². The first-order chi connectivity index (χ1) is 19.4. The van der Waals surface area contributed by atoms with E-state index in [4.69, 9.17) is 9.47 Å². The molecule has 0 radical (unpaired) electrons. The summed E-state index contributed by atoms with van der Waals surface area (Å²) in [5.41, 5.74) is 1.27. The monoisotopic (exact) mass is 589 g/mol. The number of hydrogen-bond donors (Lipinski definition) is 2. The number of carbonyl (C=O) groups is 2. The Hall–Kier alpha value is -2.43. The Labute approximate surface area is 245 Å². The summed E-state index contributed by atoms with van der Waals surface area (Å²) in [5, 5.41) is 3.25. The third-order valence-corrected chi connectivity index (χ3v) is 9.82. The van der Waals surface area contributed by atoms with Gasteiger partial charge in [0.1, 0.15) is 5.60 Å². The molecule has 1 saturated carbocycles. The van der Waals surface area contributed by atoms with Crippen LogP contribution in [-0.2, 0) is 24.3 Å². The number of carbonyl (C=O) groups excluding carboxylic acids is 2. The lowest BCUT2D eigenvalue weighted by Crippen LogP contribution is -2.69. The van der Waals surface area contributed by atoms with Crippen molar-refractivity contribution in [2.45, 2.75) is 120 Å². The summed E-state index contributed by atoms with van der Waals surface area (Å²) in [5.74, 6) is 0.0425. The first-order valence-corrected chi connectivity index (χ1v) is 16.5. The second-order valence-corrected chi connectivity index (χ2v) is 14.5. The van der Waals surface area contributed by atoms with Crippen molar-refractivity contribution in [1.29, 1.82) is 0 Å². The number of aryl methyl sites for hydroxylation is 1. The van der Waals surface area contributed by atoms with Crippen LogP contribution in [0.25, 0.3) is 0 Å². The zero-order valence-electron chi connectivity index (χ0n) is 25.0. The number of allylic oxidation sites excluding steroid dienone is 1. The Balaban J connectivity index is 1.29. The van der Waals surface area contributed by atoms with E-state index in [0.717, 1.165) is 56.9 Å². The highest BCUT2D eigenvalue weighted by Gasteiger charge is 2.49. The quantitative estimate of drug-likeness (QED) is 0.326. The topological polar surface area (TPSA) is 114 Å². The van der Waals surface area contributed by atoms with Gasteiger partial charge in [-0.25, -0.2) is 17.9 Å². The van der Waals surface area contributed by atoms with Crippen molar-refractivity contribution in [3.05, 3.63) is 41.5 Å². The van der Waals surface area contributed by atoms with Gasteiger partial charge >= 0.3 is 6.09 Å². The number of ether oxygens (including phenoxy) is 2. The third kappa shape index (κ3) is 8.55. The Morgan fingerprint density at radius 3 is 2.46 bits per heavy atom. The van der Waals surface area contributed by atoms with Gasteiger partial charge in [-0.3, -0.25) is 4.79 Å². The first kappa shape index (κ1) is 31.5. The Morgan fingerprint density at radius 2 is 1.80 bits per heavy atom. The largest absolute Gasteiger partial charge is 0.444 e. The molecule has 1 aromatic carbocycles. The van der Waals surface area contributed by atoms with Crippen molar-refractivity contribution >= 4 is 22.0 Å². The molecule has 2 atom stereocenters. The van der Waals surface area contributed by atoms with Gasteiger partial charge in [0, 0.05) is 19.5 Å². The normalized spacial score (nSPS) is 25.6. The molecular weight excluding hydrogens is 542 g/mol. The molecule has 9 nitrogen and oxygen atoms in total. The van der Waals surface area contributed by atoms with E-state index in [-0.39, 0.29) is 29.0 Å².